The van der Waals surface area contributed by atoms with E-state index in [-0.39, 0.29) is 11.3 Å². The highest BCUT2D eigenvalue weighted by Gasteiger charge is 2.13. The largest absolute Gasteiger partial charge is 0.507 e. The lowest BCUT2D eigenvalue weighted by molar-refractivity contribution is 0.0694. The minimum Gasteiger partial charge on any atom is -0.507 e. The Morgan fingerprint density at radius 2 is 1.77 bits per heavy atom. The van der Waals surface area contributed by atoms with Crippen LogP contribution in [-0.2, 0) is 6.42 Å². The summed E-state index contributed by atoms with van der Waals surface area (Å²) in [6, 6.07) is 22.1. The van der Waals surface area contributed by atoms with Crippen LogP contribution in [0.4, 0.5) is 0 Å². The first-order valence-electron chi connectivity index (χ1n) is 9.57. The average molecular weight is 426 g/mol. The second-order valence-electron chi connectivity index (χ2n) is 7.13. The molecule has 152 valence electrons. The highest BCUT2D eigenvalue weighted by atomic mass is 32.1. The number of nitrogens with zero attached hydrogens (tertiary/aromatic N) is 2. The molecule has 0 saturated heterocycles. The van der Waals surface area contributed by atoms with Crippen molar-refractivity contribution in [2.75, 3.05) is 0 Å². The number of aromatic hydroxyl groups is 1. The fraction of sp³-hybridized carbons (Fsp3) is 0.0800. The maximum Gasteiger partial charge on any atom is 0.339 e. The Morgan fingerprint density at radius 3 is 2.52 bits per heavy atom. The summed E-state index contributed by atoms with van der Waals surface area (Å²) < 4.78 is 0. The van der Waals surface area contributed by atoms with E-state index >= 15 is 0 Å². The molecule has 0 saturated carbocycles. The van der Waals surface area contributed by atoms with Crippen LogP contribution in [0.1, 0.15) is 32.2 Å². The summed E-state index contributed by atoms with van der Waals surface area (Å²) in [6.07, 6.45) is 0.658. The quantitative estimate of drug-likeness (QED) is 0.430. The number of carboxylic acids is 1. The van der Waals surface area contributed by atoms with Gasteiger partial charge < -0.3 is 10.2 Å². The SMILES string of the molecule is Cc1nc(Cc2cccc(C#N)c2)sc1-c1cccc(-c2ccc(C(=O)O)c(O)c2)c1. The summed E-state index contributed by atoms with van der Waals surface area (Å²) in [7, 11) is 0. The van der Waals surface area contributed by atoms with Crippen molar-refractivity contribution in [1.29, 1.82) is 5.26 Å². The number of nitriles is 1. The molecule has 31 heavy (non-hydrogen) atoms. The van der Waals surface area contributed by atoms with Gasteiger partial charge in [0.2, 0.25) is 0 Å². The lowest BCUT2D eigenvalue weighted by Crippen LogP contribution is -1.96. The smallest absolute Gasteiger partial charge is 0.339 e. The maximum absolute atomic E-state index is 11.1. The molecule has 0 unspecified atom stereocenters. The number of benzene rings is 3. The summed E-state index contributed by atoms with van der Waals surface area (Å²) in [5, 5.41) is 29.2. The second kappa shape index (κ2) is 8.42. The molecular weight excluding hydrogens is 408 g/mol. The minimum atomic E-state index is -1.16. The molecule has 0 spiro atoms. The van der Waals surface area contributed by atoms with Crippen LogP contribution >= 0.6 is 11.3 Å². The van der Waals surface area contributed by atoms with E-state index in [9.17, 15) is 9.90 Å². The van der Waals surface area contributed by atoms with E-state index in [0.29, 0.717) is 12.0 Å². The van der Waals surface area contributed by atoms with E-state index in [2.05, 4.69) is 6.07 Å². The van der Waals surface area contributed by atoms with E-state index in [0.717, 1.165) is 37.8 Å². The topological polar surface area (TPSA) is 94.2 Å². The number of phenols is 1. The summed E-state index contributed by atoms with van der Waals surface area (Å²) in [5.74, 6) is -1.42. The lowest BCUT2D eigenvalue weighted by atomic mass is 10.0. The van der Waals surface area contributed by atoms with E-state index in [1.54, 1.807) is 23.5 Å². The Bertz CT molecular complexity index is 1330. The van der Waals surface area contributed by atoms with Gasteiger partial charge in [0.15, 0.2) is 0 Å². The molecule has 0 amide bonds. The molecule has 0 bridgehead atoms. The Hall–Kier alpha value is -3.95. The lowest BCUT2D eigenvalue weighted by Gasteiger charge is -2.07. The van der Waals surface area contributed by atoms with Gasteiger partial charge in [0, 0.05) is 6.42 Å². The fourth-order valence-electron chi connectivity index (χ4n) is 3.45. The zero-order valence-electron chi connectivity index (χ0n) is 16.7. The van der Waals surface area contributed by atoms with Crippen molar-refractivity contribution in [3.05, 3.63) is 94.1 Å². The first-order valence-corrected chi connectivity index (χ1v) is 10.4. The molecule has 0 atom stereocenters. The highest BCUT2D eigenvalue weighted by molar-refractivity contribution is 7.15. The second-order valence-corrected chi connectivity index (χ2v) is 8.21. The molecule has 0 aliphatic carbocycles. The third kappa shape index (κ3) is 4.32. The van der Waals surface area contributed by atoms with E-state index < -0.39 is 5.97 Å². The van der Waals surface area contributed by atoms with Gasteiger partial charge >= 0.3 is 5.97 Å². The first-order chi connectivity index (χ1) is 14.9. The van der Waals surface area contributed by atoms with Crippen LogP contribution < -0.4 is 0 Å². The Morgan fingerprint density at radius 1 is 1.03 bits per heavy atom. The van der Waals surface area contributed by atoms with Crippen molar-refractivity contribution >= 4 is 17.3 Å². The molecule has 0 aliphatic heterocycles. The number of carbonyl (C=O) groups is 1. The number of rotatable bonds is 5. The van der Waals surface area contributed by atoms with Crippen LogP contribution in [-0.4, -0.2) is 21.2 Å². The van der Waals surface area contributed by atoms with Crippen molar-refractivity contribution in [3.8, 4) is 33.4 Å². The van der Waals surface area contributed by atoms with Gasteiger partial charge in [-0.2, -0.15) is 5.26 Å². The summed E-state index contributed by atoms with van der Waals surface area (Å²) in [4.78, 5) is 16.9. The number of hydrogen-bond acceptors (Lipinski definition) is 5. The third-order valence-corrected chi connectivity index (χ3v) is 6.15. The number of thiazole rings is 1. The van der Waals surface area contributed by atoms with Crippen LogP contribution in [0.15, 0.2) is 66.7 Å². The monoisotopic (exact) mass is 426 g/mol. The zero-order valence-corrected chi connectivity index (χ0v) is 17.5. The molecule has 1 heterocycles. The summed E-state index contributed by atoms with van der Waals surface area (Å²) in [6.45, 7) is 1.97. The molecule has 3 aromatic carbocycles. The third-order valence-electron chi connectivity index (χ3n) is 4.94. The molecule has 0 aliphatic rings. The molecule has 1 aromatic heterocycles. The van der Waals surface area contributed by atoms with E-state index in [4.69, 9.17) is 15.4 Å². The van der Waals surface area contributed by atoms with Crippen molar-refractivity contribution < 1.29 is 15.0 Å². The van der Waals surface area contributed by atoms with Gasteiger partial charge in [-0.15, -0.1) is 11.3 Å². The normalized spacial score (nSPS) is 10.6. The van der Waals surface area contributed by atoms with Gasteiger partial charge in [-0.05, 0) is 59.5 Å². The predicted molar refractivity (Wildman–Crippen MR) is 120 cm³/mol. The zero-order chi connectivity index (χ0) is 22.0. The maximum atomic E-state index is 11.1. The fourth-order valence-corrected chi connectivity index (χ4v) is 4.55. The van der Waals surface area contributed by atoms with Gasteiger partial charge in [0.05, 0.1) is 27.2 Å². The Labute approximate surface area is 183 Å². The van der Waals surface area contributed by atoms with Crippen LogP contribution in [0.2, 0.25) is 0 Å². The van der Waals surface area contributed by atoms with Crippen molar-refractivity contribution in [3.63, 3.8) is 0 Å². The van der Waals surface area contributed by atoms with Gasteiger partial charge in [0.25, 0.3) is 0 Å². The predicted octanol–water partition coefficient (Wildman–Crippen LogP) is 5.65. The van der Waals surface area contributed by atoms with Crippen LogP contribution in [0.5, 0.6) is 5.75 Å². The summed E-state index contributed by atoms with van der Waals surface area (Å²) in [5.41, 5.74) is 5.10. The van der Waals surface area contributed by atoms with Crippen molar-refractivity contribution in [1.82, 2.24) is 4.98 Å². The highest BCUT2D eigenvalue weighted by Crippen LogP contribution is 2.34. The van der Waals surface area contributed by atoms with Gasteiger partial charge in [-0.25, -0.2) is 9.78 Å². The molecule has 0 fully saturated rings. The molecule has 6 heteroatoms. The van der Waals surface area contributed by atoms with Crippen LogP contribution in [0.25, 0.3) is 21.6 Å². The molecule has 5 nitrogen and oxygen atoms in total. The molecule has 4 rings (SSSR count). The number of carboxylic acid groups (broad SMARTS) is 1. The standard InChI is InChI=1S/C25H18N2O3S/c1-15-24(31-23(27-15)11-16-4-2-5-17(10-16)14-26)20-7-3-6-18(12-20)19-8-9-21(25(29)30)22(28)13-19/h2-10,12-13,28H,11H2,1H3,(H,29,30). The van der Waals surface area contributed by atoms with Crippen molar-refractivity contribution in [2.45, 2.75) is 13.3 Å². The van der Waals surface area contributed by atoms with Gasteiger partial charge in [0.1, 0.15) is 11.3 Å². The molecule has 0 radical (unpaired) electrons. The van der Waals surface area contributed by atoms with Crippen LogP contribution in [0.3, 0.4) is 0 Å². The molecule has 4 aromatic rings. The number of hydrogen-bond donors (Lipinski definition) is 2. The number of aryl methyl sites for hydroxylation is 1. The average Bonchev–Trinajstić information content (AvgIpc) is 3.13. The summed E-state index contributed by atoms with van der Waals surface area (Å²) >= 11 is 1.61. The minimum absolute atomic E-state index is 0.122. The first kappa shape index (κ1) is 20.3. The van der Waals surface area contributed by atoms with E-state index in [1.807, 2.05) is 49.4 Å². The van der Waals surface area contributed by atoms with Crippen molar-refractivity contribution in [2.24, 2.45) is 0 Å². The molecule has 2 N–H and O–H groups in total. The molecular formula is C25H18N2O3S. The number of aromatic nitrogens is 1. The number of aromatic carboxylic acids is 1. The van der Waals surface area contributed by atoms with Crippen LogP contribution in [0, 0.1) is 18.3 Å². The van der Waals surface area contributed by atoms with Gasteiger partial charge in [-0.1, -0.05) is 36.4 Å². The Kier molecular flexibility index (Phi) is 5.52. The van der Waals surface area contributed by atoms with Gasteiger partial charge in [-0.3, -0.25) is 0 Å². The Balaban J connectivity index is 1.64. The van der Waals surface area contributed by atoms with E-state index in [1.165, 1.54) is 12.1 Å².